The van der Waals surface area contributed by atoms with Crippen molar-refractivity contribution in [3.05, 3.63) is 35.1 Å². The van der Waals surface area contributed by atoms with Gasteiger partial charge in [0.05, 0.1) is 12.0 Å². The highest BCUT2D eigenvalue weighted by Gasteiger charge is 2.40. The number of benzene rings is 1. The van der Waals surface area contributed by atoms with Gasteiger partial charge in [-0.15, -0.1) is 0 Å². The third-order valence-electron chi connectivity index (χ3n) is 4.03. The van der Waals surface area contributed by atoms with E-state index in [0.717, 1.165) is 6.42 Å². The number of carbonyl (C=O) groups is 2. The van der Waals surface area contributed by atoms with Crippen LogP contribution in [0.1, 0.15) is 43.4 Å². The number of aryl methyl sites for hydroxylation is 1. The van der Waals surface area contributed by atoms with Gasteiger partial charge < -0.3 is 10.0 Å². The van der Waals surface area contributed by atoms with Crippen LogP contribution in [0.2, 0.25) is 0 Å². The lowest BCUT2D eigenvalue weighted by molar-refractivity contribution is -0.152. The van der Waals surface area contributed by atoms with E-state index in [1.54, 1.807) is 24.0 Å². The number of aliphatic carboxylic acids is 1. The molecule has 2 atom stereocenters. The Morgan fingerprint density at radius 1 is 1.48 bits per heavy atom. The molecule has 4 nitrogen and oxygen atoms in total. The van der Waals surface area contributed by atoms with Crippen LogP contribution in [0.5, 0.6) is 0 Å². The fourth-order valence-corrected chi connectivity index (χ4v) is 2.92. The zero-order valence-electron chi connectivity index (χ0n) is 12.3. The third-order valence-corrected chi connectivity index (χ3v) is 4.03. The van der Waals surface area contributed by atoms with Gasteiger partial charge in [0.1, 0.15) is 5.82 Å². The minimum Gasteiger partial charge on any atom is -0.481 e. The van der Waals surface area contributed by atoms with Gasteiger partial charge in [-0.25, -0.2) is 4.39 Å². The molecule has 0 aliphatic carbocycles. The van der Waals surface area contributed by atoms with Gasteiger partial charge in [0.25, 0.3) is 0 Å². The zero-order chi connectivity index (χ0) is 15.6. The van der Waals surface area contributed by atoms with E-state index in [2.05, 4.69) is 0 Å². The van der Waals surface area contributed by atoms with Crippen molar-refractivity contribution in [2.75, 3.05) is 6.54 Å². The summed E-state index contributed by atoms with van der Waals surface area (Å²) in [6.45, 7) is 4.08. The number of carbonyl (C=O) groups excluding carboxylic acids is 1. The maximum absolute atomic E-state index is 13.8. The molecule has 1 fully saturated rings. The Morgan fingerprint density at radius 3 is 2.76 bits per heavy atom. The largest absolute Gasteiger partial charge is 0.481 e. The molecular formula is C16H20FNO3. The molecule has 1 amide bonds. The minimum absolute atomic E-state index is 0.0552. The van der Waals surface area contributed by atoms with Crippen molar-refractivity contribution in [1.29, 1.82) is 0 Å². The molecule has 2 rings (SSSR count). The average molecular weight is 293 g/mol. The summed E-state index contributed by atoms with van der Waals surface area (Å²) in [5.41, 5.74) is 1.07. The van der Waals surface area contributed by atoms with Crippen LogP contribution < -0.4 is 0 Å². The number of carboxylic acids is 1. The molecule has 0 aromatic heterocycles. The van der Waals surface area contributed by atoms with Crippen molar-refractivity contribution < 1.29 is 19.1 Å². The molecule has 1 heterocycles. The topological polar surface area (TPSA) is 57.6 Å². The van der Waals surface area contributed by atoms with Gasteiger partial charge >= 0.3 is 5.97 Å². The van der Waals surface area contributed by atoms with E-state index >= 15 is 0 Å². The van der Waals surface area contributed by atoms with Crippen molar-refractivity contribution in [1.82, 2.24) is 4.90 Å². The summed E-state index contributed by atoms with van der Waals surface area (Å²) in [5, 5.41) is 9.43. The Labute approximate surface area is 123 Å². The summed E-state index contributed by atoms with van der Waals surface area (Å²) >= 11 is 0. The number of nitrogens with zero attached hydrogens (tertiary/aromatic N) is 1. The highest BCUT2D eigenvalue weighted by Crippen LogP contribution is 2.37. The zero-order valence-corrected chi connectivity index (χ0v) is 12.3. The fraction of sp³-hybridized carbons (Fsp3) is 0.500. The van der Waals surface area contributed by atoms with E-state index in [1.165, 1.54) is 6.07 Å². The van der Waals surface area contributed by atoms with E-state index in [-0.39, 0.29) is 18.1 Å². The highest BCUT2D eigenvalue weighted by atomic mass is 19.1. The summed E-state index contributed by atoms with van der Waals surface area (Å²) in [7, 11) is 0. The standard InChI is InChI=1S/C16H20FNO3/c1-3-8-18-14(19)7-6-12(16(20)21)15(18)11-5-4-10(2)13(17)9-11/h4-5,9,12,15H,3,6-8H2,1-2H3,(H,20,21). The number of amides is 1. The number of hydrogen-bond donors (Lipinski definition) is 1. The molecule has 0 spiro atoms. The molecule has 0 radical (unpaired) electrons. The lowest BCUT2D eigenvalue weighted by Gasteiger charge is -2.39. The Kier molecular flexibility index (Phi) is 4.60. The van der Waals surface area contributed by atoms with Crippen molar-refractivity contribution in [2.45, 2.75) is 39.2 Å². The van der Waals surface area contributed by atoms with Gasteiger partial charge in [0, 0.05) is 13.0 Å². The van der Waals surface area contributed by atoms with Crippen molar-refractivity contribution >= 4 is 11.9 Å². The molecule has 114 valence electrons. The predicted octanol–water partition coefficient (Wildman–Crippen LogP) is 2.91. The molecule has 21 heavy (non-hydrogen) atoms. The van der Waals surface area contributed by atoms with Crippen LogP contribution >= 0.6 is 0 Å². The fourth-order valence-electron chi connectivity index (χ4n) is 2.92. The van der Waals surface area contributed by atoms with Crippen LogP contribution in [0.3, 0.4) is 0 Å². The van der Waals surface area contributed by atoms with E-state index < -0.39 is 17.9 Å². The van der Waals surface area contributed by atoms with Crippen LogP contribution in [-0.2, 0) is 9.59 Å². The number of likely N-dealkylation sites (tertiary alicyclic amines) is 1. The van der Waals surface area contributed by atoms with Gasteiger partial charge in [-0.2, -0.15) is 0 Å². The molecule has 0 bridgehead atoms. The first-order valence-electron chi connectivity index (χ1n) is 7.24. The average Bonchev–Trinajstić information content (AvgIpc) is 2.44. The molecule has 1 N–H and O–H groups in total. The van der Waals surface area contributed by atoms with Crippen LogP contribution in [0.25, 0.3) is 0 Å². The van der Waals surface area contributed by atoms with Crippen LogP contribution in [0, 0.1) is 18.7 Å². The van der Waals surface area contributed by atoms with Gasteiger partial charge in [-0.1, -0.05) is 19.1 Å². The smallest absolute Gasteiger partial charge is 0.308 e. The molecular weight excluding hydrogens is 273 g/mol. The van der Waals surface area contributed by atoms with Crippen LogP contribution in [0.15, 0.2) is 18.2 Å². The highest BCUT2D eigenvalue weighted by molar-refractivity contribution is 5.81. The number of halogens is 1. The summed E-state index contributed by atoms with van der Waals surface area (Å²) in [6, 6.07) is 4.13. The second kappa shape index (κ2) is 6.24. The molecule has 1 aromatic carbocycles. The molecule has 1 aliphatic rings. The predicted molar refractivity (Wildman–Crippen MR) is 76.2 cm³/mol. The SMILES string of the molecule is CCCN1C(=O)CCC(C(=O)O)C1c1ccc(C)c(F)c1. The Balaban J connectivity index is 2.45. The first kappa shape index (κ1) is 15.5. The summed E-state index contributed by atoms with van der Waals surface area (Å²) in [6.07, 6.45) is 1.28. The Morgan fingerprint density at radius 2 is 2.19 bits per heavy atom. The maximum atomic E-state index is 13.8. The maximum Gasteiger partial charge on any atom is 0.308 e. The van der Waals surface area contributed by atoms with Gasteiger partial charge in [-0.3, -0.25) is 9.59 Å². The molecule has 1 aromatic rings. The molecule has 0 saturated carbocycles. The number of carboxylic acid groups (broad SMARTS) is 1. The lowest BCUT2D eigenvalue weighted by Crippen LogP contribution is -2.45. The monoisotopic (exact) mass is 293 g/mol. The van der Waals surface area contributed by atoms with Crippen LogP contribution in [-0.4, -0.2) is 28.4 Å². The third kappa shape index (κ3) is 3.06. The Hall–Kier alpha value is -1.91. The van der Waals surface area contributed by atoms with Gasteiger partial charge in [0.2, 0.25) is 5.91 Å². The van der Waals surface area contributed by atoms with E-state index in [1.807, 2.05) is 6.92 Å². The summed E-state index contributed by atoms with van der Waals surface area (Å²) in [4.78, 5) is 25.2. The second-order valence-electron chi connectivity index (χ2n) is 5.52. The molecule has 1 aliphatic heterocycles. The quantitative estimate of drug-likeness (QED) is 0.928. The van der Waals surface area contributed by atoms with Crippen molar-refractivity contribution in [3.8, 4) is 0 Å². The number of rotatable bonds is 4. The Bertz CT molecular complexity index is 558. The van der Waals surface area contributed by atoms with Crippen molar-refractivity contribution in [2.24, 2.45) is 5.92 Å². The summed E-state index contributed by atoms with van der Waals surface area (Å²) in [5.74, 6) is -2.04. The van der Waals surface area contributed by atoms with Gasteiger partial charge in [0.15, 0.2) is 0 Å². The van der Waals surface area contributed by atoms with E-state index in [0.29, 0.717) is 24.1 Å². The first-order chi connectivity index (χ1) is 9.95. The normalized spacial score (nSPS) is 22.4. The van der Waals surface area contributed by atoms with Crippen molar-refractivity contribution in [3.63, 3.8) is 0 Å². The number of hydrogen-bond acceptors (Lipinski definition) is 2. The first-order valence-corrected chi connectivity index (χ1v) is 7.24. The minimum atomic E-state index is -0.936. The van der Waals surface area contributed by atoms with Gasteiger partial charge in [-0.05, 0) is 37.0 Å². The second-order valence-corrected chi connectivity index (χ2v) is 5.52. The van der Waals surface area contributed by atoms with E-state index in [9.17, 15) is 19.1 Å². The lowest BCUT2D eigenvalue weighted by atomic mass is 9.84. The summed E-state index contributed by atoms with van der Waals surface area (Å²) < 4.78 is 13.8. The molecule has 5 heteroatoms. The number of piperidine rings is 1. The van der Waals surface area contributed by atoms with Crippen LogP contribution in [0.4, 0.5) is 4.39 Å². The molecule has 2 unspecified atom stereocenters. The van der Waals surface area contributed by atoms with E-state index in [4.69, 9.17) is 0 Å². The molecule has 1 saturated heterocycles.